The number of likely N-dealkylation sites (N-methyl/N-ethyl adjacent to an activating group) is 1. The van der Waals surface area contributed by atoms with E-state index in [4.69, 9.17) is 9.47 Å². The molecule has 1 aromatic rings. The van der Waals surface area contributed by atoms with Crippen molar-refractivity contribution in [3.63, 3.8) is 0 Å². The fourth-order valence-corrected chi connectivity index (χ4v) is 2.18. The van der Waals surface area contributed by atoms with Gasteiger partial charge in [-0.05, 0) is 18.4 Å². The molecule has 0 fully saturated rings. The molecule has 5 heteroatoms. The first kappa shape index (κ1) is 18.2. The zero-order valence-electron chi connectivity index (χ0n) is 13.7. The highest BCUT2D eigenvalue weighted by Gasteiger charge is 2.28. The van der Waals surface area contributed by atoms with Gasteiger partial charge in [-0.2, -0.15) is 0 Å². The molecule has 0 aliphatic carbocycles. The van der Waals surface area contributed by atoms with Crippen molar-refractivity contribution in [3.05, 3.63) is 35.9 Å². The fraction of sp³-hybridized carbons (Fsp3) is 0.529. The molecule has 5 nitrogen and oxygen atoms in total. The van der Waals surface area contributed by atoms with Crippen molar-refractivity contribution in [1.82, 2.24) is 4.90 Å². The van der Waals surface area contributed by atoms with Gasteiger partial charge in [0.25, 0.3) is 0 Å². The Bertz CT molecular complexity index is 475. The number of methoxy groups -OCH3 is 1. The van der Waals surface area contributed by atoms with Crippen LogP contribution in [0, 0.1) is 0 Å². The number of nitrogens with zero attached hydrogens (tertiary/aromatic N) is 1. The number of benzene rings is 1. The zero-order chi connectivity index (χ0) is 16.5. The SMILES string of the molecule is CCOC[C@@H](C(=O)OC)N(C)C(=O)C[C@@H](C)c1ccccc1. The number of rotatable bonds is 8. The molecule has 0 aliphatic heterocycles. The lowest BCUT2D eigenvalue weighted by Crippen LogP contribution is -2.46. The molecule has 0 bridgehead atoms. The first-order valence-electron chi connectivity index (χ1n) is 7.47. The molecule has 1 aromatic carbocycles. The van der Waals surface area contributed by atoms with E-state index in [1.54, 1.807) is 7.05 Å². The third-order valence-corrected chi connectivity index (χ3v) is 3.66. The summed E-state index contributed by atoms with van der Waals surface area (Å²) in [5, 5.41) is 0. The van der Waals surface area contributed by atoms with Crippen LogP contribution in [-0.4, -0.2) is 50.2 Å². The zero-order valence-corrected chi connectivity index (χ0v) is 13.7. The van der Waals surface area contributed by atoms with Crippen LogP contribution in [-0.2, 0) is 19.1 Å². The van der Waals surface area contributed by atoms with E-state index >= 15 is 0 Å². The Morgan fingerprint density at radius 2 is 1.86 bits per heavy atom. The molecule has 0 radical (unpaired) electrons. The topological polar surface area (TPSA) is 55.8 Å². The van der Waals surface area contributed by atoms with Crippen LogP contribution in [0.3, 0.4) is 0 Å². The minimum absolute atomic E-state index is 0.0848. The molecule has 0 saturated carbocycles. The maximum absolute atomic E-state index is 12.4. The summed E-state index contributed by atoms with van der Waals surface area (Å²) < 4.78 is 10.0. The molecule has 0 saturated heterocycles. The van der Waals surface area contributed by atoms with Crippen molar-refractivity contribution >= 4 is 11.9 Å². The van der Waals surface area contributed by atoms with Gasteiger partial charge in [-0.25, -0.2) is 4.79 Å². The summed E-state index contributed by atoms with van der Waals surface area (Å²) in [5.74, 6) is -0.482. The lowest BCUT2D eigenvalue weighted by molar-refractivity contribution is -0.154. The van der Waals surface area contributed by atoms with E-state index in [0.717, 1.165) is 5.56 Å². The summed E-state index contributed by atoms with van der Waals surface area (Å²) in [6.07, 6.45) is 0.333. The quantitative estimate of drug-likeness (QED) is 0.691. The van der Waals surface area contributed by atoms with Crippen LogP contribution >= 0.6 is 0 Å². The smallest absolute Gasteiger partial charge is 0.330 e. The molecule has 0 unspecified atom stereocenters. The second-order valence-corrected chi connectivity index (χ2v) is 5.22. The molecular formula is C17H25NO4. The molecule has 0 heterocycles. The maximum Gasteiger partial charge on any atom is 0.330 e. The average molecular weight is 307 g/mol. The predicted octanol–water partition coefficient (Wildman–Crippen LogP) is 2.22. The van der Waals surface area contributed by atoms with E-state index in [9.17, 15) is 9.59 Å². The highest BCUT2D eigenvalue weighted by Crippen LogP contribution is 2.20. The van der Waals surface area contributed by atoms with Crippen LogP contribution in [0.2, 0.25) is 0 Å². The number of ether oxygens (including phenoxy) is 2. The first-order chi connectivity index (χ1) is 10.5. The van der Waals surface area contributed by atoms with Crippen LogP contribution in [0.15, 0.2) is 30.3 Å². The van der Waals surface area contributed by atoms with Gasteiger partial charge in [0.2, 0.25) is 5.91 Å². The largest absolute Gasteiger partial charge is 0.467 e. The summed E-state index contributed by atoms with van der Waals surface area (Å²) in [6.45, 7) is 4.46. The molecule has 0 N–H and O–H groups in total. The Kier molecular flexibility index (Phi) is 7.60. The van der Waals surface area contributed by atoms with Crippen LogP contribution in [0.1, 0.15) is 31.7 Å². The highest BCUT2D eigenvalue weighted by molar-refractivity contribution is 5.84. The number of hydrogen-bond acceptors (Lipinski definition) is 4. The third-order valence-electron chi connectivity index (χ3n) is 3.66. The number of carbonyl (C=O) groups is 2. The lowest BCUT2D eigenvalue weighted by atomic mass is 9.97. The van der Waals surface area contributed by atoms with Crippen molar-refractivity contribution < 1.29 is 19.1 Å². The molecule has 0 spiro atoms. The third kappa shape index (κ3) is 5.15. The summed E-state index contributed by atoms with van der Waals surface area (Å²) in [7, 11) is 2.92. The van der Waals surface area contributed by atoms with Gasteiger partial charge in [0.1, 0.15) is 0 Å². The Morgan fingerprint density at radius 3 is 2.41 bits per heavy atom. The Labute approximate surface area is 132 Å². The normalized spacial score (nSPS) is 13.3. The molecule has 1 amide bonds. The second kappa shape index (κ2) is 9.20. The minimum atomic E-state index is -0.708. The van der Waals surface area contributed by atoms with Crippen LogP contribution < -0.4 is 0 Å². The van der Waals surface area contributed by atoms with Crippen molar-refractivity contribution in [2.45, 2.75) is 32.2 Å². The number of carbonyl (C=O) groups excluding carboxylic acids is 2. The molecular weight excluding hydrogens is 282 g/mol. The first-order valence-corrected chi connectivity index (χ1v) is 7.47. The minimum Gasteiger partial charge on any atom is -0.467 e. The van der Waals surface area contributed by atoms with Crippen molar-refractivity contribution in [2.24, 2.45) is 0 Å². The van der Waals surface area contributed by atoms with Gasteiger partial charge in [0, 0.05) is 20.1 Å². The number of amides is 1. The number of esters is 1. The molecule has 0 aromatic heterocycles. The number of hydrogen-bond donors (Lipinski definition) is 0. The van der Waals surface area contributed by atoms with Gasteiger partial charge < -0.3 is 14.4 Å². The van der Waals surface area contributed by atoms with Crippen molar-refractivity contribution in [3.8, 4) is 0 Å². The summed E-state index contributed by atoms with van der Waals surface area (Å²) in [6, 6.07) is 9.13. The Hall–Kier alpha value is -1.88. The lowest BCUT2D eigenvalue weighted by Gasteiger charge is -2.27. The van der Waals surface area contributed by atoms with E-state index in [1.165, 1.54) is 12.0 Å². The van der Waals surface area contributed by atoms with E-state index in [2.05, 4.69) is 0 Å². The average Bonchev–Trinajstić information content (AvgIpc) is 2.55. The van der Waals surface area contributed by atoms with Gasteiger partial charge in [-0.3, -0.25) is 4.79 Å². The molecule has 2 atom stereocenters. The van der Waals surface area contributed by atoms with Crippen molar-refractivity contribution in [1.29, 1.82) is 0 Å². The van der Waals surface area contributed by atoms with Crippen LogP contribution in [0.25, 0.3) is 0 Å². The van der Waals surface area contributed by atoms with Gasteiger partial charge in [-0.1, -0.05) is 37.3 Å². The molecule has 0 aliphatic rings. The van der Waals surface area contributed by atoms with E-state index in [1.807, 2.05) is 44.2 Å². The second-order valence-electron chi connectivity index (χ2n) is 5.22. The maximum atomic E-state index is 12.4. The van der Waals surface area contributed by atoms with Gasteiger partial charge in [0.05, 0.1) is 13.7 Å². The van der Waals surface area contributed by atoms with Crippen LogP contribution in [0.4, 0.5) is 0 Å². The predicted molar refractivity (Wildman–Crippen MR) is 84.5 cm³/mol. The highest BCUT2D eigenvalue weighted by atomic mass is 16.5. The fourth-order valence-electron chi connectivity index (χ4n) is 2.18. The van der Waals surface area contributed by atoms with Gasteiger partial charge in [-0.15, -0.1) is 0 Å². The van der Waals surface area contributed by atoms with E-state index in [0.29, 0.717) is 13.0 Å². The summed E-state index contributed by atoms with van der Waals surface area (Å²) in [4.78, 5) is 25.7. The van der Waals surface area contributed by atoms with Crippen molar-refractivity contribution in [2.75, 3.05) is 27.4 Å². The van der Waals surface area contributed by atoms with Crippen LogP contribution in [0.5, 0.6) is 0 Å². The standard InChI is InChI=1S/C17H25NO4/c1-5-22-12-15(17(20)21-4)18(3)16(19)11-13(2)14-9-7-6-8-10-14/h6-10,13,15H,5,11-12H2,1-4H3/t13-,15+/m1/s1. The van der Waals surface area contributed by atoms with E-state index < -0.39 is 12.0 Å². The van der Waals surface area contributed by atoms with Gasteiger partial charge in [0.15, 0.2) is 6.04 Å². The molecule has 122 valence electrons. The monoisotopic (exact) mass is 307 g/mol. The molecule has 22 heavy (non-hydrogen) atoms. The Balaban J connectivity index is 2.70. The Morgan fingerprint density at radius 1 is 1.23 bits per heavy atom. The van der Waals surface area contributed by atoms with E-state index in [-0.39, 0.29) is 18.4 Å². The molecule has 1 rings (SSSR count). The summed E-state index contributed by atoms with van der Waals surface area (Å²) >= 11 is 0. The summed E-state index contributed by atoms with van der Waals surface area (Å²) in [5.41, 5.74) is 1.10. The van der Waals surface area contributed by atoms with Gasteiger partial charge >= 0.3 is 5.97 Å².